The summed E-state index contributed by atoms with van der Waals surface area (Å²) >= 11 is 0. The molecule has 0 saturated heterocycles. The summed E-state index contributed by atoms with van der Waals surface area (Å²) in [5, 5.41) is 11.0. The zero-order valence-electron chi connectivity index (χ0n) is 19.4. The molecule has 9 atom stereocenters. The summed E-state index contributed by atoms with van der Waals surface area (Å²) in [4.78, 5) is 12.9. The van der Waals surface area contributed by atoms with Gasteiger partial charge in [0, 0.05) is 11.8 Å². The van der Waals surface area contributed by atoms with E-state index in [0.717, 1.165) is 55.8 Å². The molecule has 0 unspecified atom stereocenters. The van der Waals surface area contributed by atoms with Gasteiger partial charge in [0.05, 0.1) is 5.60 Å². The molecule has 0 aromatic rings. The Labute approximate surface area is 178 Å². The molecular formula is C27H44O2. The Balaban J connectivity index is 1.36. The van der Waals surface area contributed by atoms with Crippen molar-refractivity contribution >= 4 is 5.78 Å². The van der Waals surface area contributed by atoms with Crippen LogP contribution in [0.2, 0.25) is 0 Å². The highest BCUT2D eigenvalue weighted by Crippen LogP contribution is 2.69. The molecule has 0 aromatic heterocycles. The van der Waals surface area contributed by atoms with Crippen molar-refractivity contribution in [2.45, 2.75) is 110 Å². The van der Waals surface area contributed by atoms with Crippen molar-refractivity contribution < 1.29 is 9.90 Å². The van der Waals surface area contributed by atoms with Gasteiger partial charge >= 0.3 is 0 Å². The third-order valence-corrected chi connectivity index (χ3v) is 11.6. The maximum Gasteiger partial charge on any atom is 0.139 e. The first-order valence-corrected chi connectivity index (χ1v) is 13.0. The molecule has 0 aliphatic heterocycles. The topological polar surface area (TPSA) is 37.3 Å². The normalized spacial score (nSPS) is 52.9. The number of hydrogen-bond acceptors (Lipinski definition) is 2. The van der Waals surface area contributed by atoms with Crippen LogP contribution in [0, 0.1) is 52.3 Å². The number of hydrogen-bond donors (Lipinski definition) is 1. The van der Waals surface area contributed by atoms with Crippen LogP contribution in [0.25, 0.3) is 0 Å². The molecule has 0 aromatic carbocycles. The van der Waals surface area contributed by atoms with Crippen LogP contribution in [-0.4, -0.2) is 16.5 Å². The zero-order valence-corrected chi connectivity index (χ0v) is 19.4. The Morgan fingerprint density at radius 1 is 0.931 bits per heavy atom. The van der Waals surface area contributed by atoms with E-state index in [1.807, 2.05) is 0 Å². The van der Waals surface area contributed by atoms with Crippen LogP contribution in [0.4, 0.5) is 0 Å². The monoisotopic (exact) mass is 400 g/mol. The van der Waals surface area contributed by atoms with Crippen molar-refractivity contribution in [3.05, 3.63) is 0 Å². The summed E-state index contributed by atoms with van der Waals surface area (Å²) in [6.07, 6.45) is 14.6. The molecule has 2 nitrogen and oxygen atoms in total. The van der Waals surface area contributed by atoms with Crippen molar-refractivity contribution in [3.8, 4) is 0 Å². The minimum Gasteiger partial charge on any atom is -0.390 e. The van der Waals surface area contributed by atoms with E-state index in [4.69, 9.17) is 0 Å². The van der Waals surface area contributed by atoms with E-state index in [1.54, 1.807) is 0 Å². The van der Waals surface area contributed by atoms with Gasteiger partial charge in [-0.1, -0.05) is 27.7 Å². The van der Waals surface area contributed by atoms with E-state index >= 15 is 0 Å². The Kier molecular flexibility index (Phi) is 4.82. The minimum absolute atomic E-state index is 0.287. The second-order valence-corrected chi connectivity index (χ2v) is 12.6. The Hall–Kier alpha value is -0.370. The molecule has 5 rings (SSSR count). The van der Waals surface area contributed by atoms with Crippen molar-refractivity contribution in [1.82, 2.24) is 0 Å². The molecule has 0 radical (unpaired) electrons. The lowest BCUT2D eigenvalue weighted by Gasteiger charge is -2.62. The number of Topliss-reactive ketones (excluding diaryl/α,β-unsaturated/α-hetero) is 1. The average Bonchev–Trinajstić information content (AvgIpc) is 3.49. The molecule has 5 fully saturated rings. The minimum atomic E-state index is -0.392. The Bertz CT molecular complexity index is 667. The summed E-state index contributed by atoms with van der Waals surface area (Å²) in [7, 11) is 0. The lowest BCUT2D eigenvalue weighted by molar-refractivity contribution is -0.154. The number of aliphatic hydroxyl groups is 1. The summed E-state index contributed by atoms with van der Waals surface area (Å²) in [5.74, 6) is 5.22. The first-order valence-electron chi connectivity index (χ1n) is 13.0. The van der Waals surface area contributed by atoms with Crippen LogP contribution in [0.15, 0.2) is 0 Å². The van der Waals surface area contributed by atoms with E-state index in [0.29, 0.717) is 28.4 Å². The molecule has 164 valence electrons. The number of ketones is 1. The van der Waals surface area contributed by atoms with E-state index in [2.05, 4.69) is 27.7 Å². The molecule has 1 N–H and O–H groups in total. The fourth-order valence-corrected chi connectivity index (χ4v) is 9.44. The fraction of sp³-hybridized carbons (Fsp3) is 0.963. The number of rotatable bonds is 4. The van der Waals surface area contributed by atoms with Gasteiger partial charge in [-0.3, -0.25) is 4.79 Å². The standard InChI is InChI=1S/C27H44O2/c1-5-27(29)15-14-25(3)19(16-27)8-9-20-22-11-10-21(17(2)24(28)18-6-7-18)26(22,4)13-12-23(20)25/h17-23,29H,5-16H2,1-4H3/t17-,19-,20-,21+,22-,23-,25-,26+,27-/m0/s1. The molecule has 0 amide bonds. The molecule has 29 heavy (non-hydrogen) atoms. The maximum absolute atomic E-state index is 12.9. The first kappa shape index (κ1) is 20.5. The summed E-state index contributed by atoms with van der Waals surface area (Å²) in [6, 6.07) is 0. The van der Waals surface area contributed by atoms with Crippen molar-refractivity contribution in [2.24, 2.45) is 52.3 Å². The molecule has 2 heteroatoms. The summed E-state index contributed by atoms with van der Waals surface area (Å²) in [5.41, 5.74) is 0.448. The molecule has 0 heterocycles. The van der Waals surface area contributed by atoms with Gasteiger partial charge in [-0.2, -0.15) is 0 Å². The fourth-order valence-electron chi connectivity index (χ4n) is 9.44. The van der Waals surface area contributed by atoms with Crippen molar-refractivity contribution in [2.75, 3.05) is 0 Å². The summed E-state index contributed by atoms with van der Waals surface area (Å²) in [6.45, 7) is 9.62. The molecule has 5 saturated carbocycles. The Morgan fingerprint density at radius 3 is 2.34 bits per heavy atom. The number of fused-ring (bicyclic) bond motifs is 5. The maximum atomic E-state index is 12.9. The predicted octanol–water partition coefficient (Wildman–Crippen LogP) is 6.40. The van der Waals surface area contributed by atoms with Gasteiger partial charge in [0.2, 0.25) is 0 Å². The average molecular weight is 401 g/mol. The van der Waals surface area contributed by atoms with Gasteiger partial charge in [-0.15, -0.1) is 0 Å². The smallest absolute Gasteiger partial charge is 0.139 e. The zero-order chi connectivity index (χ0) is 20.6. The predicted molar refractivity (Wildman–Crippen MR) is 117 cm³/mol. The quantitative estimate of drug-likeness (QED) is 0.592. The van der Waals surface area contributed by atoms with E-state index in [1.165, 1.54) is 44.9 Å². The SMILES string of the molecule is CC[C@]1(O)CC[C@@]2(C)[C@@H](CC[C@@H]3[C@@H]2CC[C@]2(C)[C@@H]([C@H](C)C(=O)C4CC4)CC[C@@H]32)C1. The van der Waals surface area contributed by atoms with Gasteiger partial charge in [-0.05, 0) is 117 Å². The van der Waals surface area contributed by atoms with E-state index in [-0.39, 0.29) is 5.92 Å². The summed E-state index contributed by atoms with van der Waals surface area (Å²) < 4.78 is 0. The second-order valence-electron chi connectivity index (χ2n) is 12.6. The highest BCUT2D eigenvalue weighted by molar-refractivity contribution is 5.85. The lowest BCUT2D eigenvalue weighted by atomic mass is 9.43. The van der Waals surface area contributed by atoms with Crippen LogP contribution in [0.1, 0.15) is 105 Å². The van der Waals surface area contributed by atoms with Gasteiger partial charge in [0.15, 0.2) is 0 Å². The van der Waals surface area contributed by atoms with E-state index < -0.39 is 5.60 Å². The number of carbonyl (C=O) groups is 1. The van der Waals surface area contributed by atoms with Crippen LogP contribution in [0.5, 0.6) is 0 Å². The molecule has 0 bridgehead atoms. The molecular weight excluding hydrogens is 356 g/mol. The van der Waals surface area contributed by atoms with Gasteiger partial charge in [0.1, 0.15) is 5.78 Å². The van der Waals surface area contributed by atoms with Gasteiger partial charge in [-0.25, -0.2) is 0 Å². The van der Waals surface area contributed by atoms with Gasteiger partial charge in [0.25, 0.3) is 0 Å². The highest BCUT2D eigenvalue weighted by atomic mass is 16.3. The highest BCUT2D eigenvalue weighted by Gasteiger charge is 2.62. The first-order chi connectivity index (χ1) is 13.7. The van der Waals surface area contributed by atoms with Crippen LogP contribution >= 0.6 is 0 Å². The third kappa shape index (κ3) is 3.01. The Morgan fingerprint density at radius 2 is 1.66 bits per heavy atom. The van der Waals surface area contributed by atoms with Crippen LogP contribution in [0.3, 0.4) is 0 Å². The number of carbonyl (C=O) groups excluding carboxylic acids is 1. The largest absolute Gasteiger partial charge is 0.390 e. The molecule has 0 spiro atoms. The third-order valence-electron chi connectivity index (χ3n) is 11.6. The molecule has 5 aliphatic rings. The van der Waals surface area contributed by atoms with Crippen molar-refractivity contribution in [1.29, 1.82) is 0 Å². The van der Waals surface area contributed by atoms with Crippen LogP contribution < -0.4 is 0 Å². The van der Waals surface area contributed by atoms with Crippen molar-refractivity contribution in [3.63, 3.8) is 0 Å². The lowest BCUT2D eigenvalue weighted by Crippen LogP contribution is -2.56. The second kappa shape index (κ2) is 6.81. The molecule has 5 aliphatic carbocycles. The van der Waals surface area contributed by atoms with Gasteiger partial charge < -0.3 is 5.11 Å². The van der Waals surface area contributed by atoms with E-state index in [9.17, 15) is 9.90 Å². The van der Waals surface area contributed by atoms with Crippen LogP contribution in [-0.2, 0) is 4.79 Å².